The summed E-state index contributed by atoms with van der Waals surface area (Å²) in [5, 5.41) is 0.401. The Balaban J connectivity index is 1.88. The first-order chi connectivity index (χ1) is 11.4. The van der Waals surface area contributed by atoms with Crippen LogP contribution in [0.2, 0.25) is 0 Å². The van der Waals surface area contributed by atoms with Crippen LogP contribution in [0, 0.1) is 0 Å². The van der Waals surface area contributed by atoms with E-state index >= 15 is 0 Å². The number of methoxy groups -OCH3 is 1. The first-order valence-corrected chi connectivity index (χ1v) is 9.42. The van der Waals surface area contributed by atoms with E-state index in [0.29, 0.717) is 21.8 Å². The fraction of sp³-hybridized carbons (Fsp3) is 0.125. The van der Waals surface area contributed by atoms with Crippen LogP contribution in [0.15, 0.2) is 47.4 Å². The Morgan fingerprint density at radius 1 is 1.21 bits per heavy atom. The molecule has 2 aromatic carbocycles. The zero-order chi connectivity index (χ0) is 17.3. The van der Waals surface area contributed by atoms with Crippen molar-refractivity contribution in [2.75, 3.05) is 12.8 Å². The zero-order valence-corrected chi connectivity index (χ0v) is 14.4. The van der Waals surface area contributed by atoms with Gasteiger partial charge in [0.2, 0.25) is 0 Å². The molecule has 0 atom stereocenters. The molecular formula is C16H14N2O4S2. The van der Waals surface area contributed by atoms with E-state index in [1.165, 1.54) is 24.5 Å². The number of nitrogen functional groups attached to an aromatic ring is 1. The summed E-state index contributed by atoms with van der Waals surface area (Å²) in [6.45, 7) is 0. The fourth-order valence-corrected chi connectivity index (χ4v) is 4.49. The number of esters is 1. The topological polar surface area (TPSA) is 99.4 Å². The van der Waals surface area contributed by atoms with Crippen molar-refractivity contribution >= 4 is 42.5 Å². The van der Waals surface area contributed by atoms with Crippen molar-refractivity contribution < 1.29 is 17.9 Å². The number of carbonyl (C=O) groups is 1. The Morgan fingerprint density at radius 3 is 2.58 bits per heavy atom. The van der Waals surface area contributed by atoms with Crippen molar-refractivity contribution in [2.45, 2.75) is 10.6 Å². The third-order valence-corrected chi connectivity index (χ3v) is 6.00. The molecule has 6 nitrogen and oxygen atoms in total. The lowest BCUT2D eigenvalue weighted by molar-refractivity contribution is 0.0600. The number of nitrogens with two attached hydrogens (primary N) is 1. The molecule has 8 heteroatoms. The van der Waals surface area contributed by atoms with Crippen LogP contribution in [0.25, 0.3) is 10.2 Å². The fourth-order valence-electron chi connectivity index (χ4n) is 2.27. The van der Waals surface area contributed by atoms with Crippen molar-refractivity contribution in [1.29, 1.82) is 0 Å². The standard InChI is InChI=1S/C16H14N2O4S2/c1-22-15(19)11-4-2-10(3-5-11)9-24(20,21)12-6-7-13-14(8-12)23-16(17)18-13/h2-8H,9H2,1H3,(H2,17,18). The predicted molar refractivity (Wildman–Crippen MR) is 92.7 cm³/mol. The molecular weight excluding hydrogens is 348 g/mol. The number of fused-ring (bicyclic) bond motifs is 1. The molecule has 0 aliphatic carbocycles. The van der Waals surface area contributed by atoms with Gasteiger partial charge in [0.25, 0.3) is 0 Å². The summed E-state index contributed by atoms with van der Waals surface area (Å²) in [5.74, 6) is -0.619. The number of ether oxygens (including phenoxy) is 1. The minimum Gasteiger partial charge on any atom is -0.465 e. The smallest absolute Gasteiger partial charge is 0.337 e. The summed E-state index contributed by atoms with van der Waals surface area (Å²) in [6.07, 6.45) is 0. The van der Waals surface area contributed by atoms with E-state index in [1.54, 1.807) is 36.4 Å². The van der Waals surface area contributed by atoms with Crippen LogP contribution in [0.4, 0.5) is 5.13 Å². The minimum absolute atomic E-state index is 0.158. The maximum Gasteiger partial charge on any atom is 0.337 e. The largest absolute Gasteiger partial charge is 0.465 e. The molecule has 1 aromatic heterocycles. The number of nitrogens with zero attached hydrogens (tertiary/aromatic N) is 1. The lowest BCUT2D eigenvalue weighted by Gasteiger charge is -2.06. The van der Waals surface area contributed by atoms with Gasteiger partial charge in [-0.1, -0.05) is 23.5 Å². The molecule has 0 radical (unpaired) electrons. The van der Waals surface area contributed by atoms with Crippen LogP contribution >= 0.6 is 11.3 Å². The molecule has 1 heterocycles. The van der Waals surface area contributed by atoms with E-state index < -0.39 is 15.8 Å². The highest BCUT2D eigenvalue weighted by Gasteiger charge is 2.17. The monoisotopic (exact) mass is 362 g/mol. The predicted octanol–water partition coefficient (Wildman–Crippen LogP) is 2.64. The lowest BCUT2D eigenvalue weighted by Crippen LogP contribution is -2.06. The molecule has 0 unspecified atom stereocenters. The zero-order valence-electron chi connectivity index (χ0n) is 12.7. The SMILES string of the molecule is COC(=O)c1ccc(CS(=O)(=O)c2ccc3nc(N)sc3c2)cc1. The van der Waals surface area contributed by atoms with Crippen molar-refractivity contribution in [1.82, 2.24) is 4.98 Å². The van der Waals surface area contributed by atoms with E-state index in [4.69, 9.17) is 5.73 Å². The van der Waals surface area contributed by atoms with Gasteiger partial charge in [-0.15, -0.1) is 0 Å². The molecule has 0 saturated carbocycles. The Hall–Kier alpha value is -2.45. The van der Waals surface area contributed by atoms with Gasteiger partial charge in [-0.05, 0) is 35.9 Å². The number of benzene rings is 2. The van der Waals surface area contributed by atoms with Gasteiger partial charge in [-0.25, -0.2) is 18.2 Å². The number of thiazole rings is 1. The second-order valence-electron chi connectivity index (χ2n) is 5.13. The van der Waals surface area contributed by atoms with Gasteiger partial charge in [0, 0.05) is 0 Å². The first kappa shape index (κ1) is 16.4. The number of rotatable bonds is 4. The molecule has 3 aromatic rings. The van der Waals surface area contributed by atoms with E-state index in [1.807, 2.05) is 0 Å². The van der Waals surface area contributed by atoms with Crippen molar-refractivity contribution in [2.24, 2.45) is 0 Å². The summed E-state index contributed by atoms with van der Waals surface area (Å²) in [5.41, 5.74) is 7.29. The van der Waals surface area contributed by atoms with Crippen molar-refractivity contribution in [3.05, 3.63) is 53.6 Å². The maximum absolute atomic E-state index is 12.6. The van der Waals surface area contributed by atoms with Crippen LogP contribution < -0.4 is 5.73 Å². The van der Waals surface area contributed by atoms with Gasteiger partial charge in [0.1, 0.15) is 0 Å². The highest BCUT2D eigenvalue weighted by Crippen LogP contribution is 2.27. The second kappa shape index (κ2) is 6.21. The molecule has 0 spiro atoms. The molecule has 0 bridgehead atoms. The highest BCUT2D eigenvalue weighted by molar-refractivity contribution is 7.90. The number of aromatic nitrogens is 1. The first-order valence-electron chi connectivity index (χ1n) is 6.95. The van der Waals surface area contributed by atoms with Crippen LogP contribution in [0.1, 0.15) is 15.9 Å². The molecule has 124 valence electrons. The number of hydrogen-bond acceptors (Lipinski definition) is 7. The maximum atomic E-state index is 12.6. The average Bonchev–Trinajstić information content (AvgIpc) is 2.93. The van der Waals surface area contributed by atoms with Gasteiger partial charge in [0.05, 0.1) is 33.5 Å². The second-order valence-corrected chi connectivity index (χ2v) is 8.18. The van der Waals surface area contributed by atoms with Gasteiger partial charge >= 0.3 is 5.97 Å². The van der Waals surface area contributed by atoms with Crippen molar-refractivity contribution in [3.8, 4) is 0 Å². The van der Waals surface area contributed by atoms with Crippen LogP contribution in [0.5, 0.6) is 0 Å². The Kier molecular flexibility index (Phi) is 4.25. The third-order valence-electron chi connectivity index (χ3n) is 3.47. The molecule has 0 amide bonds. The number of anilines is 1. The minimum atomic E-state index is -3.51. The highest BCUT2D eigenvalue weighted by atomic mass is 32.2. The van der Waals surface area contributed by atoms with E-state index in [0.717, 1.165) is 4.70 Å². The van der Waals surface area contributed by atoms with Crippen molar-refractivity contribution in [3.63, 3.8) is 0 Å². The Bertz CT molecular complexity index is 1010. The average molecular weight is 362 g/mol. The normalized spacial score (nSPS) is 11.5. The molecule has 0 aliphatic rings. The summed E-state index contributed by atoms with van der Waals surface area (Å²) in [7, 11) is -2.22. The van der Waals surface area contributed by atoms with Crippen LogP contribution in [-0.2, 0) is 20.3 Å². The Morgan fingerprint density at radius 2 is 1.92 bits per heavy atom. The summed E-state index contributed by atoms with van der Waals surface area (Å²) < 4.78 is 30.5. The third kappa shape index (κ3) is 3.24. The molecule has 0 aliphatic heterocycles. The van der Waals surface area contributed by atoms with Crippen LogP contribution in [0.3, 0.4) is 0 Å². The van der Waals surface area contributed by atoms with E-state index in [-0.39, 0.29) is 10.6 Å². The summed E-state index contributed by atoms with van der Waals surface area (Å²) in [6, 6.07) is 11.1. The quantitative estimate of drug-likeness (QED) is 0.716. The summed E-state index contributed by atoms with van der Waals surface area (Å²) >= 11 is 1.25. The van der Waals surface area contributed by atoms with Gasteiger partial charge in [-0.2, -0.15) is 0 Å². The number of sulfone groups is 1. The molecule has 24 heavy (non-hydrogen) atoms. The van der Waals surface area contributed by atoms with Gasteiger partial charge in [-0.3, -0.25) is 0 Å². The van der Waals surface area contributed by atoms with E-state index in [9.17, 15) is 13.2 Å². The Labute approximate surface area is 142 Å². The lowest BCUT2D eigenvalue weighted by atomic mass is 10.1. The number of carbonyl (C=O) groups excluding carboxylic acids is 1. The molecule has 2 N–H and O–H groups in total. The summed E-state index contributed by atoms with van der Waals surface area (Å²) in [4.78, 5) is 15.7. The molecule has 0 fully saturated rings. The van der Waals surface area contributed by atoms with Crippen LogP contribution in [-0.4, -0.2) is 26.5 Å². The number of hydrogen-bond donors (Lipinski definition) is 1. The molecule has 0 saturated heterocycles. The molecule has 3 rings (SSSR count). The van der Waals surface area contributed by atoms with E-state index in [2.05, 4.69) is 9.72 Å². The van der Waals surface area contributed by atoms with Gasteiger partial charge < -0.3 is 10.5 Å². The van der Waals surface area contributed by atoms with Gasteiger partial charge in [0.15, 0.2) is 15.0 Å².